The van der Waals surface area contributed by atoms with Crippen molar-refractivity contribution in [2.24, 2.45) is 0 Å². The first-order chi connectivity index (χ1) is 3.95. The van der Waals surface area contributed by atoms with Crippen molar-refractivity contribution in [1.29, 1.82) is 0 Å². The smallest absolute Gasteiger partial charge is 0.381 e. The first-order valence-corrected chi connectivity index (χ1v) is 1.98. The van der Waals surface area contributed by atoms with Gasteiger partial charge in [0.2, 0.25) is 0 Å². The third-order valence-electron chi connectivity index (χ3n) is 0.404. The molecule has 6 heteroatoms. The summed E-state index contributed by atoms with van der Waals surface area (Å²) in [4.78, 5) is 10.0. The first kappa shape index (κ1) is 12.6. The van der Waals surface area contributed by atoms with E-state index < -0.39 is 12.1 Å². The monoisotopic (exact) mass is 224 g/mol. The molecule has 0 saturated heterocycles. The molecule has 0 aromatic carbocycles. The van der Waals surface area contributed by atoms with E-state index in [0.717, 1.165) is 0 Å². The predicted octanol–water partition coefficient (Wildman–Crippen LogP) is -1.70. The normalized spacial score (nSPS) is 9.50. The molecule has 10 heavy (non-hydrogen) atoms. The van der Waals surface area contributed by atoms with E-state index in [1.54, 1.807) is 0 Å². The van der Waals surface area contributed by atoms with Crippen LogP contribution in [-0.4, -0.2) is 27.4 Å². The zero-order valence-electron chi connectivity index (χ0n) is 4.94. The van der Waals surface area contributed by atoms with Crippen LogP contribution in [0.2, 0.25) is 0 Å². The van der Waals surface area contributed by atoms with Gasteiger partial charge in [-0.25, -0.2) is 4.79 Å². The average molecular weight is 225 g/mol. The van der Waals surface area contributed by atoms with Gasteiger partial charge in [0.15, 0.2) is 0 Å². The number of esters is 1. The molecular formula is C4H6O5Zr. The molecule has 0 unspecified atom stereocenters. The zero-order chi connectivity index (χ0) is 7.49. The molecule has 0 radical (unpaired) electrons. The van der Waals surface area contributed by atoms with Gasteiger partial charge in [-0.2, -0.15) is 0 Å². The molecule has 0 aromatic rings. The van der Waals surface area contributed by atoms with Gasteiger partial charge in [-0.15, -0.1) is 0 Å². The van der Waals surface area contributed by atoms with Crippen LogP contribution in [0.3, 0.4) is 0 Å². The van der Waals surface area contributed by atoms with Crippen molar-refractivity contribution in [3.63, 3.8) is 0 Å². The standard InChI is InChI=1S/C4H6O5.Zr/c1-2-3(5)9-4(6,7)8;/h2,6-8H,1H2;. The number of hydrogen-bond donors (Lipinski definition) is 3. The van der Waals surface area contributed by atoms with Crippen LogP contribution in [0.4, 0.5) is 0 Å². The Hall–Kier alpha value is -0.0269. The van der Waals surface area contributed by atoms with Crippen LogP contribution in [0.25, 0.3) is 0 Å². The van der Waals surface area contributed by atoms with Crippen LogP contribution in [0.5, 0.6) is 0 Å². The molecule has 0 saturated carbocycles. The van der Waals surface area contributed by atoms with Crippen LogP contribution in [0.15, 0.2) is 12.7 Å². The Morgan fingerprint density at radius 3 is 2.00 bits per heavy atom. The van der Waals surface area contributed by atoms with Crippen molar-refractivity contribution in [3.8, 4) is 0 Å². The average Bonchev–Trinajstić information content (AvgIpc) is 1.62. The quantitative estimate of drug-likeness (QED) is 0.296. The molecule has 0 spiro atoms. The Morgan fingerprint density at radius 1 is 1.50 bits per heavy atom. The molecule has 56 valence electrons. The van der Waals surface area contributed by atoms with E-state index in [9.17, 15) is 4.79 Å². The van der Waals surface area contributed by atoms with E-state index in [0.29, 0.717) is 6.08 Å². The maximum Gasteiger partial charge on any atom is 0.455 e. The minimum atomic E-state index is -3.40. The fraction of sp³-hybridized carbons (Fsp3) is 0.250. The molecule has 0 aliphatic carbocycles. The van der Waals surface area contributed by atoms with Gasteiger partial charge in [0, 0.05) is 32.3 Å². The molecule has 0 heterocycles. The Kier molecular flexibility index (Phi) is 5.98. The molecule has 0 fully saturated rings. The molecular weight excluding hydrogens is 219 g/mol. The summed E-state index contributed by atoms with van der Waals surface area (Å²) in [6, 6.07) is 0. The molecule has 0 rings (SSSR count). The van der Waals surface area contributed by atoms with Crippen LogP contribution < -0.4 is 0 Å². The molecule has 0 aliphatic rings. The van der Waals surface area contributed by atoms with Crippen molar-refractivity contribution >= 4 is 5.97 Å². The Balaban J connectivity index is 0. The van der Waals surface area contributed by atoms with Gasteiger partial charge in [0.25, 0.3) is 0 Å². The summed E-state index contributed by atoms with van der Waals surface area (Å²) in [5.41, 5.74) is 0. The minimum Gasteiger partial charge on any atom is -0.381 e. The number of ether oxygens (including phenoxy) is 1. The van der Waals surface area contributed by atoms with E-state index in [-0.39, 0.29) is 26.2 Å². The third-order valence-corrected chi connectivity index (χ3v) is 0.404. The molecule has 0 aliphatic heterocycles. The maximum absolute atomic E-state index is 10.0. The Labute approximate surface area is 76.1 Å². The number of carbonyl (C=O) groups excluding carboxylic acids is 1. The first-order valence-electron chi connectivity index (χ1n) is 1.98. The number of aliphatic hydroxyl groups is 3. The summed E-state index contributed by atoms with van der Waals surface area (Å²) in [5.74, 6) is -1.12. The van der Waals surface area contributed by atoms with Gasteiger partial charge >= 0.3 is 12.1 Å². The summed E-state index contributed by atoms with van der Waals surface area (Å²) >= 11 is 0. The van der Waals surface area contributed by atoms with Gasteiger partial charge in [-0.05, 0) is 0 Å². The molecule has 5 nitrogen and oxygen atoms in total. The van der Waals surface area contributed by atoms with Crippen molar-refractivity contribution < 1.29 is 51.1 Å². The van der Waals surface area contributed by atoms with Crippen molar-refractivity contribution in [3.05, 3.63) is 12.7 Å². The summed E-state index contributed by atoms with van der Waals surface area (Å²) in [6.45, 7) is 2.94. The van der Waals surface area contributed by atoms with Gasteiger partial charge in [0.05, 0.1) is 0 Å². The van der Waals surface area contributed by atoms with Gasteiger partial charge in [-0.3, -0.25) is 0 Å². The summed E-state index contributed by atoms with van der Waals surface area (Å²) in [7, 11) is 0. The molecule has 0 amide bonds. The SMILES string of the molecule is C=CC(=O)OC(O)(O)O.[Zr]. The van der Waals surface area contributed by atoms with Gasteiger partial charge < -0.3 is 20.1 Å². The summed E-state index contributed by atoms with van der Waals surface area (Å²) < 4.78 is 3.50. The van der Waals surface area contributed by atoms with E-state index in [4.69, 9.17) is 15.3 Å². The fourth-order valence-corrected chi connectivity index (χ4v) is 0.177. The minimum absolute atomic E-state index is 0. The van der Waals surface area contributed by atoms with Crippen molar-refractivity contribution in [2.45, 2.75) is 6.16 Å². The topological polar surface area (TPSA) is 87.0 Å². The maximum atomic E-state index is 10.0. The van der Waals surface area contributed by atoms with Crippen molar-refractivity contribution in [2.75, 3.05) is 0 Å². The van der Waals surface area contributed by atoms with Gasteiger partial charge in [-0.1, -0.05) is 6.58 Å². The van der Waals surface area contributed by atoms with E-state index in [2.05, 4.69) is 11.3 Å². The number of carbonyl (C=O) groups is 1. The molecule has 0 atom stereocenters. The van der Waals surface area contributed by atoms with Crippen molar-refractivity contribution in [1.82, 2.24) is 0 Å². The third kappa shape index (κ3) is 7.97. The summed E-state index contributed by atoms with van der Waals surface area (Å²) in [5, 5.41) is 23.8. The van der Waals surface area contributed by atoms with Crippen LogP contribution >= 0.6 is 0 Å². The second-order valence-corrected chi connectivity index (χ2v) is 1.20. The fourth-order valence-electron chi connectivity index (χ4n) is 0.177. The van der Waals surface area contributed by atoms with Crippen LogP contribution in [0.1, 0.15) is 0 Å². The zero-order valence-corrected chi connectivity index (χ0v) is 7.40. The number of hydrogen-bond acceptors (Lipinski definition) is 5. The van der Waals surface area contributed by atoms with E-state index in [1.807, 2.05) is 0 Å². The summed E-state index contributed by atoms with van der Waals surface area (Å²) in [6.07, 6.45) is -2.72. The molecule has 3 N–H and O–H groups in total. The molecule has 0 aromatic heterocycles. The second kappa shape index (κ2) is 4.74. The van der Waals surface area contributed by atoms with E-state index in [1.165, 1.54) is 0 Å². The van der Waals surface area contributed by atoms with Crippen LogP contribution in [-0.2, 0) is 35.7 Å². The second-order valence-electron chi connectivity index (χ2n) is 1.20. The Morgan fingerprint density at radius 2 is 1.90 bits per heavy atom. The molecule has 0 bridgehead atoms. The largest absolute Gasteiger partial charge is 0.455 e. The van der Waals surface area contributed by atoms with Crippen LogP contribution in [0, 0.1) is 0 Å². The van der Waals surface area contributed by atoms with Gasteiger partial charge in [0.1, 0.15) is 0 Å². The van der Waals surface area contributed by atoms with E-state index >= 15 is 0 Å². The Bertz CT molecular complexity index is 126. The number of rotatable bonds is 2. The predicted molar refractivity (Wildman–Crippen MR) is 25.7 cm³/mol.